The molecule has 4 nitrogen and oxygen atoms in total. The molecule has 1 aromatic heterocycles. The molecule has 0 bridgehead atoms. The Balaban J connectivity index is 2.45. The first-order chi connectivity index (χ1) is 9.95. The van der Waals surface area contributed by atoms with Crippen molar-refractivity contribution in [2.75, 3.05) is 11.9 Å². The molecule has 0 atom stereocenters. The van der Waals surface area contributed by atoms with Crippen LogP contribution in [0.2, 0.25) is 0 Å². The number of hydrogen-bond donors (Lipinski definition) is 0. The first-order valence-electron chi connectivity index (χ1n) is 6.04. The fourth-order valence-corrected chi connectivity index (χ4v) is 1.84. The number of nitriles is 1. The third kappa shape index (κ3) is 2.72. The number of benzene rings is 1. The van der Waals surface area contributed by atoms with E-state index in [0.29, 0.717) is 0 Å². The van der Waals surface area contributed by atoms with Gasteiger partial charge in [0, 0.05) is 13.2 Å². The third-order valence-corrected chi connectivity index (χ3v) is 3.01. The lowest BCUT2D eigenvalue weighted by Crippen LogP contribution is -2.29. The Morgan fingerprint density at radius 2 is 2.05 bits per heavy atom. The number of aromatic nitrogens is 1. The summed E-state index contributed by atoms with van der Waals surface area (Å²) in [5, 5.41) is 8.99. The molecule has 1 heterocycles. The SMILES string of the molecule is Cc1cc(F)c(C(=O)N(C)c2ncccc2C#N)cc1F. The summed E-state index contributed by atoms with van der Waals surface area (Å²) >= 11 is 0. The Bertz CT molecular complexity index is 753. The molecule has 0 fully saturated rings. The van der Waals surface area contributed by atoms with E-state index in [1.165, 1.54) is 26.2 Å². The molecule has 2 aromatic rings. The van der Waals surface area contributed by atoms with Crippen LogP contribution in [0.5, 0.6) is 0 Å². The van der Waals surface area contributed by atoms with Crippen molar-refractivity contribution in [2.45, 2.75) is 6.92 Å². The minimum atomic E-state index is -0.819. The van der Waals surface area contributed by atoms with Crippen molar-refractivity contribution in [3.05, 3.63) is 58.8 Å². The first kappa shape index (κ1) is 14.6. The van der Waals surface area contributed by atoms with Crippen LogP contribution in [0.25, 0.3) is 0 Å². The summed E-state index contributed by atoms with van der Waals surface area (Å²) in [6.07, 6.45) is 1.41. The maximum absolute atomic E-state index is 13.8. The summed E-state index contributed by atoms with van der Waals surface area (Å²) in [5.41, 5.74) is -0.126. The van der Waals surface area contributed by atoms with Crippen LogP contribution in [-0.2, 0) is 0 Å². The predicted molar refractivity (Wildman–Crippen MR) is 72.8 cm³/mol. The summed E-state index contributed by atoms with van der Waals surface area (Å²) in [6, 6.07) is 6.73. The molecule has 0 saturated heterocycles. The Kier molecular flexibility index (Phi) is 3.94. The van der Waals surface area contributed by atoms with E-state index >= 15 is 0 Å². The van der Waals surface area contributed by atoms with Crippen LogP contribution in [0.1, 0.15) is 21.5 Å². The van der Waals surface area contributed by atoms with Crippen molar-refractivity contribution in [3.63, 3.8) is 0 Å². The number of carbonyl (C=O) groups is 1. The van der Waals surface area contributed by atoms with Crippen molar-refractivity contribution in [1.82, 2.24) is 4.98 Å². The van der Waals surface area contributed by atoms with E-state index in [-0.39, 0.29) is 16.9 Å². The quantitative estimate of drug-likeness (QED) is 0.853. The van der Waals surface area contributed by atoms with Crippen LogP contribution >= 0.6 is 0 Å². The summed E-state index contributed by atoms with van der Waals surface area (Å²) in [5.74, 6) is -2.18. The minimum absolute atomic E-state index is 0.0883. The molecular formula is C15H11F2N3O. The van der Waals surface area contributed by atoms with Crippen molar-refractivity contribution in [2.24, 2.45) is 0 Å². The number of aryl methyl sites for hydroxylation is 1. The topological polar surface area (TPSA) is 57.0 Å². The van der Waals surface area contributed by atoms with Gasteiger partial charge in [-0.1, -0.05) is 0 Å². The molecule has 0 unspecified atom stereocenters. The molecule has 0 aliphatic rings. The smallest absolute Gasteiger partial charge is 0.262 e. The molecule has 2 rings (SSSR count). The van der Waals surface area contributed by atoms with Crippen LogP contribution in [0, 0.1) is 29.9 Å². The monoisotopic (exact) mass is 287 g/mol. The second-order valence-electron chi connectivity index (χ2n) is 4.43. The second kappa shape index (κ2) is 5.67. The molecule has 1 amide bonds. The van der Waals surface area contributed by atoms with Gasteiger partial charge in [0.2, 0.25) is 0 Å². The average molecular weight is 287 g/mol. The summed E-state index contributed by atoms with van der Waals surface area (Å²) in [6.45, 7) is 1.41. The Morgan fingerprint density at radius 3 is 2.71 bits per heavy atom. The summed E-state index contributed by atoms with van der Waals surface area (Å²) in [7, 11) is 1.35. The maximum Gasteiger partial charge on any atom is 0.262 e. The number of pyridine rings is 1. The first-order valence-corrected chi connectivity index (χ1v) is 6.04. The Morgan fingerprint density at radius 1 is 1.33 bits per heavy atom. The van der Waals surface area contributed by atoms with Crippen LogP contribution in [-0.4, -0.2) is 17.9 Å². The molecule has 0 aliphatic carbocycles. The highest BCUT2D eigenvalue weighted by atomic mass is 19.1. The lowest BCUT2D eigenvalue weighted by Gasteiger charge is -2.17. The Hall–Kier alpha value is -2.81. The molecule has 0 aliphatic heterocycles. The molecule has 0 radical (unpaired) electrons. The lowest BCUT2D eigenvalue weighted by atomic mass is 10.1. The van der Waals surface area contributed by atoms with E-state index in [2.05, 4.69) is 4.98 Å². The zero-order valence-corrected chi connectivity index (χ0v) is 11.4. The number of anilines is 1. The van der Waals surface area contributed by atoms with Crippen LogP contribution in [0.15, 0.2) is 30.5 Å². The number of amides is 1. The zero-order valence-electron chi connectivity index (χ0n) is 11.4. The fourth-order valence-electron chi connectivity index (χ4n) is 1.84. The Labute approximate surface area is 120 Å². The van der Waals surface area contributed by atoms with Crippen molar-refractivity contribution in [1.29, 1.82) is 5.26 Å². The minimum Gasteiger partial charge on any atom is -0.295 e. The van der Waals surface area contributed by atoms with Gasteiger partial charge in [-0.25, -0.2) is 13.8 Å². The molecular weight excluding hydrogens is 276 g/mol. The number of hydrogen-bond acceptors (Lipinski definition) is 3. The number of carbonyl (C=O) groups excluding carboxylic acids is 1. The van der Waals surface area contributed by atoms with Crippen molar-refractivity contribution >= 4 is 11.7 Å². The van der Waals surface area contributed by atoms with Gasteiger partial charge in [0.15, 0.2) is 5.82 Å². The number of nitrogens with zero attached hydrogens (tertiary/aromatic N) is 3. The van der Waals surface area contributed by atoms with E-state index in [4.69, 9.17) is 5.26 Å². The zero-order chi connectivity index (χ0) is 15.6. The van der Waals surface area contributed by atoms with Crippen molar-refractivity contribution < 1.29 is 13.6 Å². The number of halogens is 2. The molecule has 21 heavy (non-hydrogen) atoms. The average Bonchev–Trinajstić information content (AvgIpc) is 2.49. The summed E-state index contributed by atoms with van der Waals surface area (Å²) < 4.78 is 27.4. The molecule has 1 aromatic carbocycles. The third-order valence-electron chi connectivity index (χ3n) is 3.01. The van der Waals surface area contributed by atoms with Gasteiger partial charge in [0.05, 0.1) is 11.1 Å². The summed E-state index contributed by atoms with van der Waals surface area (Å²) in [4.78, 5) is 17.2. The highest BCUT2D eigenvalue weighted by molar-refractivity contribution is 6.06. The molecule has 0 spiro atoms. The highest BCUT2D eigenvalue weighted by Crippen LogP contribution is 2.20. The molecule has 0 N–H and O–H groups in total. The standard InChI is InChI=1S/C15H11F2N3O/c1-9-6-13(17)11(7-12(9)16)15(21)20(2)14-10(8-18)4-3-5-19-14/h3-7H,1-2H3. The van der Waals surface area contributed by atoms with Gasteiger partial charge in [0.25, 0.3) is 5.91 Å². The van der Waals surface area contributed by atoms with Crippen LogP contribution in [0.4, 0.5) is 14.6 Å². The molecule has 106 valence electrons. The van der Waals surface area contributed by atoms with Gasteiger partial charge in [0.1, 0.15) is 17.7 Å². The van der Waals surface area contributed by atoms with Crippen molar-refractivity contribution in [3.8, 4) is 6.07 Å². The maximum atomic E-state index is 13.8. The normalized spacial score (nSPS) is 10.0. The van der Waals surface area contributed by atoms with E-state index in [1.54, 1.807) is 6.07 Å². The lowest BCUT2D eigenvalue weighted by molar-refractivity contribution is 0.0988. The van der Waals surface area contributed by atoms with E-state index < -0.39 is 23.1 Å². The van der Waals surface area contributed by atoms with E-state index in [0.717, 1.165) is 17.0 Å². The van der Waals surface area contributed by atoms with Gasteiger partial charge in [-0.3, -0.25) is 9.69 Å². The van der Waals surface area contributed by atoms with Crippen LogP contribution in [0.3, 0.4) is 0 Å². The molecule has 0 saturated carbocycles. The largest absolute Gasteiger partial charge is 0.295 e. The van der Waals surface area contributed by atoms with Crippen LogP contribution < -0.4 is 4.90 Å². The number of rotatable bonds is 2. The highest BCUT2D eigenvalue weighted by Gasteiger charge is 2.21. The van der Waals surface area contributed by atoms with Gasteiger partial charge >= 0.3 is 0 Å². The predicted octanol–water partition coefficient (Wildman–Crippen LogP) is 2.82. The second-order valence-corrected chi connectivity index (χ2v) is 4.43. The van der Waals surface area contributed by atoms with E-state index in [1.807, 2.05) is 6.07 Å². The fraction of sp³-hybridized carbons (Fsp3) is 0.133. The van der Waals surface area contributed by atoms with E-state index in [9.17, 15) is 13.6 Å². The van der Waals surface area contributed by atoms with Gasteiger partial charge < -0.3 is 0 Å². The molecule has 6 heteroatoms. The van der Waals surface area contributed by atoms with Gasteiger partial charge in [-0.05, 0) is 36.8 Å². The van der Waals surface area contributed by atoms with Gasteiger partial charge in [-0.2, -0.15) is 5.26 Å². The van der Waals surface area contributed by atoms with Gasteiger partial charge in [-0.15, -0.1) is 0 Å².